The van der Waals surface area contributed by atoms with E-state index in [4.69, 9.17) is 0 Å². The number of nitrogens with one attached hydrogen (secondary N) is 3. The first-order valence-electron chi connectivity index (χ1n) is 9.83. The van der Waals surface area contributed by atoms with E-state index in [9.17, 15) is 18.8 Å². The molecule has 8 heteroatoms. The lowest BCUT2D eigenvalue weighted by atomic mass is 10.1. The van der Waals surface area contributed by atoms with Crippen LogP contribution in [0, 0.1) is 12.7 Å². The monoisotopic (exact) mass is 497 g/mol. The average Bonchev–Trinajstić information content (AvgIpc) is 2.77. The molecular formula is C24H21BrFN3O3. The highest BCUT2D eigenvalue weighted by Crippen LogP contribution is 2.19. The molecule has 0 bridgehead atoms. The molecule has 0 aliphatic rings. The summed E-state index contributed by atoms with van der Waals surface area (Å²) in [7, 11) is 0. The van der Waals surface area contributed by atoms with Gasteiger partial charge in [-0.05, 0) is 61.0 Å². The van der Waals surface area contributed by atoms with E-state index in [0.717, 1.165) is 10.0 Å². The van der Waals surface area contributed by atoms with Crippen LogP contribution in [-0.4, -0.2) is 24.3 Å². The quantitative estimate of drug-likeness (QED) is 0.433. The van der Waals surface area contributed by atoms with E-state index in [2.05, 4.69) is 31.9 Å². The first kappa shape index (κ1) is 23.1. The number of hydrogen-bond acceptors (Lipinski definition) is 3. The standard InChI is InChI=1S/C24H21BrFN3O3/c1-15-6-7-16(14-21(15)29-24(32)19-4-2-3-5-20(19)26)23(31)27-13-12-22(30)28-18-10-8-17(25)9-11-18/h2-11,14H,12-13H2,1H3,(H,27,31)(H,28,30)(H,29,32). The molecule has 0 fully saturated rings. The Morgan fingerprint density at radius 2 is 1.62 bits per heavy atom. The minimum atomic E-state index is -0.627. The average molecular weight is 498 g/mol. The van der Waals surface area contributed by atoms with Crippen molar-refractivity contribution in [3.8, 4) is 0 Å². The molecule has 6 nitrogen and oxygen atoms in total. The molecule has 0 saturated carbocycles. The molecule has 0 aromatic heterocycles. The summed E-state index contributed by atoms with van der Waals surface area (Å²) in [6.07, 6.45) is 0.102. The fourth-order valence-corrected chi connectivity index (χ4v) is 3.15. The van der Waals surface area contributed by atoms with Crippen molar-refractivity contribution < 1.29 is 18.8 Å². The number of benzene rings is 3. The minimum Gasteiger partial charge on any atom is -0.352 e. The second kappa shape index (κ2) is 10.7. The van der Waals surface area contributed by atoms with Crippen LogP contribution < -0.4 is 16.0 Å². The first-order chi connectivity index (χ1) is 15.3. The Kier molecular flexibility index (Phi) is 7.72. The number of carbonyl (C=O) groups excluding carboxylic acids is 3. The van der Waals surface area contributed by atoms with Crippen LogP contribution in [0.25, 0.3) is 0 Å². The Balaban J connectivity index is 1.56. The molecule has 32 heavy (non-hydrogen) atoms. The van der Waals surface area contributed by atoms with E-state index in [1.54, 1.807) is 37.3 Å². The first-order valence-corrected chi connectivity index (χ1v) is 10.6. The van der Waals surface area contributed by atoms with E-state index in [1.165, 1.54) is 24.3 Å². The molecule has 3 rings (SSSR count). The van der Waals surface area contributed by atoms with E-state index >= 15 is 0 Å². The summed E-state index contributed by atoms with van der Waals surface area (Å²) >= 11 is 3.33. The third kappa shape index (κ3) is 6.24. The van der Waals surface area contributed by atoms with Crippen molar-refractivity contribution in [3.63, 3.8) is 0 Å². The summed E-state index contributed by atoms with van der Waals surface area (Å²) in [4.78, 5) is 36.9. The number of hydrogen-bond donors (Lipinski definition) is 3. The molecule has 0 atom stereocenters. The lowest BCUT2D eigenvalue weighted by Gasteiger charge is -2.12. The van der Waals surface area contributed by atoms with E-state index < -0.39 is 11.7 Å². The van der Waals surface area contributed by atoms with E-state index in [0.29, 0.717) is 16.9 Å². The third-order valence-electron chi connectivity index (χ3n) is 4.63. The fraction of sp³-hybridized carbons (Fsp3) is 0.125. The normalized spacial score (nSPS) is 10.3. The predicted octanol–water partition coefficient (Wildman–Crippen LogP) is 4.91. The number of rotatable bonds is 7. The molecule has 3 amide bonds. The molecular weight excluding hydrogens is 477 g/mol. The van der Waals surface area contributed by atoms with Crippen molar-refractivity contribution in [2.24, 2.45) is 0 Å². The fourth-order valence-electron chi connectivity index (χ4n) is 2.88. The molecule has 3 N–H and O–H groups in total. The van der Waals surface area contributed by atoms with Crippen LogP contribution in [0.5, 0.6) is 0 Å². The van der Waals surface area contributed by atoms with Gasteiger partial charge in [0.25, 0.3) is 11.8 Å². The van der Waals surface area contributed by atoms with Gasteiger partial charge in [0.1, 0.15) is 5.82 Å². The molecule has 0 aliphatic heterocycles. The van der Waals surface area contributed by atoms with Crippen LogP contribution in [0.1, 0.15) is 32.7 Å². The lowest BCUT2D eigenvalue weighted by molar-refractivity contribution is -0.116. The van der Waals surface area contributed by atoms with Crippen molar-refractivity contribution in [3.05, 3.63) is 93.7 Å². The second-order valence-corrected chi connectivity index (χ2v) is 7.94. The number of amides is 3. The molecule has 0 radical (unpaired) electrons. The highest BCUT2D eigenvalue weighted by atomic mass is 79.9. The van der Waals surface area contributed by atoms with Gasteiger partial charge >= 0.3 is 0 Å². The Morgan fingerprint density at radius 3 is 2.34 bits per heavy atom. The maximum atomic E-state index is 13.9. The molecule has 0 spiro atoms. The van der Waals surface area contributed by atoms with Crippen LogP contribution >= 0.6 is 15.9 Å². The lowest BCUT2D eigenvalue weighted by Crippen LogP contribution is -2.27. The Bertz CT molecular complexity index is 1150. The van der Waals surface area contributed by atoms with Crippen LogP contribution in [0.2, 0.25) is 0 Å². The molecule has 0 aliphatic carbocycles. The van der Waals surface area contributed by atoms with E-state index in [1.807, 2.05) is 12.1 Å². The number of anilines is 2. The van der Waals surface area contributed by atoms with Crippen molar-refractivity contribution in [2.75, 3.05) is 17.2 Å². The maximum absolute atomic E-state index is 13.9. The zero-order valence-corrected chi connectivity index (χ0v) is 18.8. The maximum Gasteiger partial charge on any atom is 0.258 e. The summed E-state index contributed by atoms with van der Waals surface area (Å²) < 4.78 is 14.8. The van der Waals surface area contributed by atoms with Gasteiger partial charge in [0, 0.05) is 34.4 Å². The van der Waals surface area contributed by atoms with Gasteiger partial charge in [0.2, 0.25) is 5.91 Å². The van der Waals surface area contributed by atoms with Gasteiger partial charge in [-0.25, -0.2) is 4.39 Å². The van der Waals surface area contributed by atoms with Gasteiger partial charge in [-0.1, -0.05) is 34.1 Å². The zero-order chi connectivity index (χ0) is 23.1. The van der Waals surface area contributed by atoms with E-state index in [-0.39, 0.29) is 30.3 Å². The third-order valence-corrected chi connectivity index (χ3v) is 5.16. The highest BCUT2D eigenvalue weighted by molar-refractivity contribution is 9.10. The predicted molar refractivity (Wildman–Crippen MR) is 125 cm³/mol. The number of aryl methyl sites for hydroxylation is 1. The molecule has 3 aromatic carbocycles. The molecule has 0 saturated heterocycles. The van der Waals surface area contributed by atoms with Crippen LogP contribution in [-0.2, 0) is 4.79 Å². The van der Waals surface area contributed by atoms with Gasteiger partial charge in [0.15, 0.2) is 0 Å². The molecule has 0 unspecified atom stereocenters. The Labute approximate surface area is 193 Å². The second-order valence-electron chi connectivity index (χ2n) is 7.02. The van der Waals surface area contributed by atoms with Crippen molar-refractivity contribution in [1.29, 1.82) is 0 Å². The Hall–Kier alpha value is -3.52. The summed E-state index contributed by atoms with van der Waals surface area (Å²) in [6, 6.07) is 17.7. The molecule has 0 heterocycles. The summed E-state index contributed by atoms with van der Waals surface area (Å²) in [5, 5.41) is 8.08. The summed E-state index contributed by atoms with van der Waals surface area (Å²) in [6.45, 7) is 1.91. The topological polar surface area (TPSA) is 87.3 Å². The summed E-state index contributed by atoms with van der Waals surface area (Å²) in [5.41, 5.74) is 2.02. The van der Waals surface area contributed by atoms with Crippen molar-refractivity contribution in [1.82, 2.24) is 5.32 Å². The largest absolute Gasteiger partial charge is 0.352 e. The minimum absolute atomic E-state index is 0.0847. The molecule has 164 valence electrons. The van der Waals surface area contributed by atoms with Gasteiger partial charge < -0.3 is 16.0 Å². The van der Waals surface area contributed by atoms with Crippen molar-refractivity contribution in [2.45, 2.75) is 13.3 Å². The number of halogens is 2. The number of carbonyl (C=O) groups is 3. The Morgan fingerprint density at radius 1 is 0.906 bits per heavy atom. The van der Waals surface area contributed by atoms with Crippen LogP contribution in [0.3, 0.4) is 0 Å². The summed E-state index contributed by atoms with van der Waals surface area (Å²) in [5.74, 6) is -1.84. The smallest absolute Gasteiger partial charge is 0.258 e. The van der Waals surface area contributed by atoms with Gasteiger partial charge in [-0.3, -0.25) is 14.4 Å². The highest BCUT2D eigenvalue weighted by Gasteiger charge is 2.14. The van der Waals surface area contributed by atoms with Gasteiger partial charge in [-0.2, -0.15) is 0 Å². The van der Waals surface area contributed by atoms with Crippen LogP contribution in [0.15, 0.2) is 71.2 Å². The van der Waals surface area contributed by atoms with Gasteiger partial charge in [-0.15, -0.1) is 0 Å². The van der Waals surface area contributed by atoms with Crippen LogP contribution in [0.4, 0.5) is 15.8 Å². The molecule has 3 aromatic rings. The SMILES string of the molecule is Cc1ccc(C(=O)NCCC(=O)Nc2ccc(Br)cc2)cc1NC(=O)c1ccccc1F. The zero-order valence-electron chi connectivity index (χ0n) is 17.2. The van der Waals surface area contributed by atoms with Crippen molar-refractivity contribution >= 4 is 45.0 Å². The van der Waals surface area contributed by atoms with Gasteiger partial charge in [0.05, 0.1) is 5.56 Å².